The van der Waals surface area contributed by atoms with Crippen molar-refractivity contribution in [2.75, 3.05) is 19.5 Å². The first-order valence-electron chi connectivity index (χ1n) is 12.8. The van der Waals surface area contributed by atoms with E-state index in [2.05, 4.69) is 20.1 Å². The van der Waals surface area contributed by atoms with Gasteiger partial charge < -0.3 is 19.5 Å². The molecule has 0 saturated heterocycles. The van der Waals surface area contributed by atoms with Crippen LogP contribution in [0.5, 0.6) is 5.75 Å². The van der Waals surface area contributed by atoms with Crippen molar-refractivity contribution >= 4 is 23.4 Å². The van der Waals surface area contributed by atoms with Crippen molar-refractivity contribution in [1.29, 1.82) is 0 Å². The van der Waals surface area contributed by atoms with Crippen molar-refractivity contribution in [2.45, 2.75) is 100 Å². The quantitative estimate of drug-likeness (QED) is 0.461. The summed E-state index contributed by atoms with van der Waals surface area (Å²) >= 11 is 1.56. The van der Waals surface area contributed by atoms with E-state index in [1.165, 1.54) is 38.5 Å². The Morgan fingerprint density at radius 2 is 1.85 bits per heavy atom. The first-order chi connectivity index (χ1) is 16.6. The second kappa shape index (κ2) is 12.0. The maximum atomic E-state index is 13.2. The van der Waals surface area contributed by atoms with Crippen molar-refractivity contribution in [3.05, 3.63) is 30.1 Å². The van der Waals surface area contributed by atoms with E-state index in [9.17, 15) is 4.79 Å². The highest BCUT2D eigenvalue weighted by Crippen LogP contribution is 2.35. The monoisotopic (exact) mass is 485 g/mol. The maximum Gasteiger partial charge on any atom is 0.235 e. The third kappa shape index (κ3) is 6.06. The molecule has 1 atom stereocenters. The van der Waals surface area contributed by atoms with Gasteiger partial charge in [0.1, 0.15) is 5.75 Å². The van der Waals surface area contributed by atoms with E-state index in [4.69, 9.17) is 4.74 Å². The Labute approximate surface area is 208 Å². The first-order valence-corrected chi connectivity index (χ1v) is 13.7. The van der Waals surface area contributed by atoms with Crippen LogP contribution in [-0.2, 0) is 11.3 Å². The normalized spacial score (nSPS) is 18.4. The number of nitrogens with one attached hydrogen (secondary N) is 1. The van der Waals surface area contributed by atoms with Crippen molar-refractivity contribution in [3.8, 4) is 5.75 Å². The van der Waals surface area contributed by atoms with Crippen molar-refractivity contribution < 1.29 is 9.53 Å². The molecule has 2 aromatic rings. The van der Waals surface area contributed by atoms with Gasteiger partial charge in [0.25, 0.3) is 0 Å². The summed E-state index contributed by atoms with van der Waals surface area (Å²) in [6.07, 6.45) is 12.0. The molecule has 186 valence electrons. The van der Waals surface area contributed by atoms with E-state index in [1.54, 1.807) is 18.9 Å². The molecule has 1 aromatic carbocycles. The molecule has 2 aliphatic carbocycles. The summed E-state index contributed by atoms with van der Waals surface area (Å²) in [5.41, 5.74) is 0.990. The van der Waals surface area contributed by atoms with E-state index >= 15 is 0 Å². The fourth-order valence-electron chi connectivity index (χ4n) is 5.27. The summed E-state index contributed by atoms with van der Waals surface area (Å²) in [6.45, 7) is 2.60. The number of carbonyl (C=O) groups is 1. The molecular weight excluding hydrogens is 446 g/mol. The van der Waals surface area contributed by atoms with Crippen molar-refractivity contribution in [3.63, 3.8) is 0 Å². The summed E-state index contributed by atoms with van der Waals surface area (Å²) in [5.74, 6) is 1.95. The topological polar surface area (TPSA) is 72.3 Å². The van der Waals surface area contributed by atoms with Gasteiger partial charge in [0, 0.05) is 30.9 Å². The molecule has 0 aliphatic heterocycles. The van der Waals surface area contributed by atoms with Gasteiger partial charge in [-0.1, -0.05) is 56.4 Å². The number of methoxy groups -OCH3 is 1. The number of amides is 1. The molecule has 2 aliphatic rings. The van der Waals surface area contributed by atoms with Gasteiger partial charge in [-0.2, -0.15) is 0 Å². The number of aromatic nitrogens is 3. The Morgan fingerprint density at radius 1 is 1.15 bits per heavy atom. The van der Waals surface area contributed by atoms with E-state index in [0.29, 0.717) is 18.6 Å². The van der Waals surface area contributed by atoms with E-state index < -0.39 is 0 Å². The Balaban J connectivity index is 1.48. The number of hydrogen-bond donors (Lipinski definition) is 1. The Hall–Kier alpha value is -2.22. The second-order valence-corrected chi connectivity index (χ2v) is 11.0. The number of benzene rings is 1. The molecule has 0 spiro atoms. The molecule has 2 saturated carbocycles. The SMILES string of the molecule is COc1cccc(NCc2nnc(SC(C)C(=O)N(C)C3CCCCC3)n2C2CCCCC2)c1. The number of rotatable bonds is 9. The van der Waals surface area contributed by atoms with Gasteiger partial charge in [-0.25, -0.2) is 0 Å². The molecule has 4 rings (SSSR count). The average Bonchev–Trinajstić information content (AvgIpc) is 3.29. The Kier molecular flexibility index (Phi) is 8.75. The van der Waals surface area contributed by atoms with Crippen LogP contribution in [0.3, 0.4) is 0 Å². The van der Waals surface area contributed by atoms with E-state index in [1.807, 2.05) is 43.1 Å². The summed E-state index contributed by atoms with van der Waals surface area (Å²) in [6, 6.07) is 8.70. The van der Waals surface area contributed by atoms with Crippen LogP contribution in [0.1, 0.15) is 83.0 Å². The molecule has 1 N–H and O–H groups in total. The highest BCUT2D eigenvalue weighted by atomic mass is 32.2. The predicted octanol–water partition coefficient (Wildman–Crippen LogP) is 5.68. The zero-order valence-electron chi connectivity index (χ0n) is 20.8. The van der Waals surface area contributed by atoms with Gasteiger partial charge in [0.05, 0.1) is 18.9 Å². The molecule has 0 bridgehead atoms. The van der Waals surface area contributed by atoms with E-state index in [0.717, 1.165) is 48.1 Å². The first kappa shape index (κ1) is 24.9. The molecule has 1 heterocycles. The van der Waals surface area contributed by atoms with Crippen molar-refractivity contribution in [2.24, 2.45) is 0 Å². The van der Waals surface area contributed by atoms with Crippen LogP contribution >= 0.6 is 11.8 Å². The zero-order valence-corrected chi connectivity index (χ0v) is 21.6. The van der Waals surface area contributed by atoms with Gasteiger partial charge in [0.2, 0.25) is 5.91 Å². The third-order valence-electron chi connectivity index (χ3n) is 7.30. The van der Waals surface area contributed by atoms with Crippen molar-refractivity contribution in [1.82, 2.24) is 19.7 Å². The lowest BCUT2D eigenvalue weighted by Crippen LogP contribution is -2.42. The highest BCUT2D eigenvalue weighted by molar-refractivity contribution is 8.00. The number of anilines is 1. The summed E-state index contributed by atoms with van der Waals surface area (Å²) in [4.78, 5) is 15.2. The van der Waals surface area contributed by atoms with Crippen LogP contribution in [0.2, 0.25) is 0 Å². The van der Waals surface area contributed by atoms with Crippen LogP contribution in [0, 0.1) is 0 Å². The lowest BCUT2D eigenvalue weighted by Gasteiger charge is -2.33. The molecule has 0 radical (unpaired) electrons. The summed E-state index contributed by atoms with van der Waals surface area (Å²) < 4.78 is 7.65. The standard InChI is InChI=1S/C26H39N5O2S/c1-19(25(32)30(2)21-12-6-4-7-13-21)34-26-29-28-24(31(26)22-14-8-5-9-15-22)18-27-20-11-10-16-23(17-20)33-3/h10-11,16-17,19,21-22,27H,4-9,12-15,18H2,1-3H3. The zero-order chi connectivity index (χ0) is 23.9. The smallest absolute Gasteiger partial charge is 0.235 e. The number of nitrogens with zero attached hydrogens (tertiary/aromatic N) is 4. The predicted molar refractivity (Wildman–Crippen MR) is 137 cm³/mol. The molecule has 1 amide bonds. The van der Waals surface area contributed by atoms with Gasteiger partial charge >= 0.3 is 0 Å². The average molecular weight is 486 g/mol. The number of ether oxygens (including phenoxy) is 1. The highest BCUT2D eigenvalue weighted by Gasteiger charge is 2.29. The lowest BCUT2D eigenvalue weighted by molar-refractivity contribution is -0.131. The fraction of sp³-hybridized carbons (Fsp3) is 0.654. The summed E-state index contributed by atoms with van der Waals surface area (Å²) in [7, 11) is 3.65. The van der Waals surface area contributed by atoms with Gasteiger partial charge in [-0.3, -0.25) is 4.79 Å². The Morgan fingerprint density at radius 3 is 2.56 bits per heavy atom. The van der Waals surface area contributed by atoms with Crippen LogP contribution in [0.15, 0.2) is 29.4 Å². The number of carbonyl (C=O) groups excluding carboxylic acids is 1. The largest absolute Gasteiger partial charge is 0.497 e. The van der Waals surface area contributed by atoms with Gasteiger partial charge in [-0.05, 0) is 44.7 Å². The van der Waals surface area contributed by atoms with E-state index in [-0.39, 0.29) is 11.2 Å². The van der Waals surface area contributed by atoms with Gasteiger partial charge in [0.15, 0.2) is 11.0 Å². The molecule has 1 unspecified atom stereocenters. The minimum Gasteiger partial charge on any atom is -0.497 e. The second-order valence-electron chi connectivity index (χ2n) is 9.65. The summed E-state index contributed by atoms with van der Waals surface area (Å²) in [5, 5.41) is 13.3. The molecule has 34 heavy (non-hydrogen) atoms. The number of thioether (sulfide) groups is 1. The minimum atomic E-state index is -0.183. The third-order valence-corrected chi connectivity index (χ3v) is 8.34. The minimum absolute atomic E-state index is 0.183. The molecule has 2 fully saturated rings. The van der Waals surface area contributed by atoms with Gasteiger partial charge in [-0.15, -0.1) is 10.2 Å². The Bertz CT molecular complexity index is 937. The van der Waals surface area contributed by atoms with Crippen LogP contribution in [-0.4, -0.2) is 51.0 Å². The van der Waals surface area contributed by atoms with Crippen LogP contribution < -0.4 is 10.1 Å². The lowest BCUT2D eigenvalue weighted by atomic mass is 9.94. The molecule has 8 heteroatoms. The molecule has 1 aromatic heterocycles. The van der Waals surface area contributed by atoms with Crippen LogP contribution in [0.25, 0.3) is 0 Å². The molecule has 7 nitrogen and oxygen atoms in total. The fourth-order valence-corrected chi connectivity index (χ4v) is 6.31. The maximum absolute atomic E-state index is 13.2. The van der Waals surface area contributed by atoms with Crippen LogP contribution in [0.4, 0.5) is 5.69 Å². The molecular formula is C26H39N5O2S. The number of hydrogen-bond acceptors (Lipinski definition) is 6.